The second-order valence-corrected chi connectivity index (χ2v) is 7.92. The standard InChI is InChI=1S/C16H18N4O2S2/c1-2-3-10-23-16-18-9-8-15(19-16)20-11-14(24(17,21)22)12-6-4-5-7-13(12)20/h4-9,11H,2-3,10H2,1H3,(H2,17,21,22). The van der Waals surface area contributed by atoms with Crippen LogP contribution in [0.4, 0.5) is 0 Å². The van der Waals surface area contributed by atoms with Crippen LogP contribution in [0, 0.1) is 0 Å². The number of para-hydroxylation sites is 1. The van der Waals surface area contributed by atoms with Gasteiger partial charge in [-0.15, -0.1) is 0 Å². The lowest BCUT2D eigenvalue weighted by Crippen LogP contribution is -2.11. The molecular formula is C16H18N4O2S2. The highest BCUT2D eigenvalue weighted by atomic mass is 32.2. The van der Waals surface area contributed by atoms with Crippen molar-refractivity contribution in [2.24, 2.45) is 5.14 Å². The third-order valence-corrected chi connectivity index (χ3v) is 5.46. The summed E-state index contributed by atoms with van der Waals surface area (Å²) in [7, 11) is -3.81. The molecule has 2 aromatic heterocycles. The number of benzene rings is 1. The van der Waals surface area contributed by atoms with Gasteiger partial charge in [0.2, 0.25) is 10.0 Å². The van der Waals surface area contributed by atoms with E-state index in [0.29, 0.717) is 16.4 Å². The van der Waals surface area contributed by atoms with Crippen molar-refractivity contribution in [3.05, 3.63) is 42.7 Å². The van der Waals surface area contributed by atoms with Crippen LogP contribution >= 0.6 is 11.8 Å². The van der Waals surface area contributed by atoms with E-state index >= 15 is 0 Å². The second kappa shape index (κ2) is 6.92. The Morgan fingerprint density at radius 1 is 1.25 bits per heavy atom. The molecule has 0 unspecified atom stereocenters. The highest BCUT2D eigenvalue weighted by molar-refractivity contribution is 7.99. The summed E-state index contributed by atoms with van der Waals surface area (Å²) in [6.07, 6.45) is 5.41. The van der Waals surface area contributed by atoms with Gasteiger partial charge in [-0.2, -0.15) is 0 Å². The number of hydrogen-bond donors (Lipinski definition) is 1. The highest BCUT2D eigenvalue weighted by Gasteiger charge is 2.18. The van der Waals surface area contributed by atoms with E-state index in [2.05, 4.69) is 16.9 Å². The molecule has 0 bridgehead atoms. The molecule has 1 aromatic carbocycles. The van der Waals surface area contributed by atoms with Crippen LogP contribution in [0.25, 0.3) is 16.7 Å². The summed E-state index contributed by atoms with van der Waals surface area (Å²) in [6.45, 7) is 2.14. The van der Waals surface area contributed by atoms with Gasteiger partial charge in [0.25, 0.3) is 0 Å². The summed E-state index contributed by atoms with van der Waals surface area (Å²) < 4.78 is 25.5. The molecule has 2 heterocycles. The van der Waals surface area contributed by atoms with E-state index in [-0.39, 0.29) is 4.90 Å². The van der Waals surface area contributed by atoms with Crippen molar-refractivity contribution < 1.29 is 8.42 Å². The second-order valence-electron chi connectivity index (χ2n) is 5.32. The normalized spacial score (nSPS) is 11.9. The Balaban J connectivity index is 2.08. The molecule has 0 aliphatic heterocycles. The Labute approximate surface area is 145 Å². The van der Waals surface area contributed by atoms with Gasteiger partial charge in [-0.25, -0.2) is 23.5 Å². The number of rotatable bonds is 6. The molecular weight excluding hydrogens is 344 g/mol. The van der Waals surface area contributed by atoms with E-state index in [9.17, 15) is 8.42 Å². The van der Waals surface area contributed by atoms with Gasteiger partial charge < -0.3 is 0 Å². The van der Waals surface area contributed by atoms with Crippen LogP contribution in [-0.2, 0) is 10.0 Å². The van der Waals surface area contributed by atoms with Crippen LogP contribution in [0.5, 0.6) is 0 Å². The Hall–Kier alpha value is -1.90. The topological polar surface area (TPSA) is 90.9 Å². The number of thioether (sulfide) groups is 1. The van der Waals surface area contributed by atoms with E-state index in [1.807, 2.05) is 12.1 Å². The minimum absolute atomic E-state index is 0.0944. The third kappa shape index (κ3) is 3.45. The maximum absolute atomic E-state index is 11.9. The highest BCUT2D eigenvalue weighted by Crippen LogP contribution is 2.27. The van der Waals surface area contributed by atoms with Crippen molar-refractivity contribution in [2.45, 2.75) is 29.8 Å². The monoisotopic (exact) mass is 362 g/mol. The number of primary sulfonamides is 1. The molecule has 6 nitrogen and oxygen atoms in total. The Morgan fingerprint density at radius 2 is 2.04 bits per heavy atom. The van der Waals surface area contributed by atoms with Gasteiger partial charge in [0, 0.05) is 23.5 Å². The van der Waals surface area contributed by atoms with Gasteiger partial charge >= 0.3 is 0 Å². The SMILES string of the molecule is CCCCSc1nccc(-n2cc(S(N)(=O)=O)c3ccccc32)n1. The van der Waals surface area contributed by atoms with Crippen molar-refractivity contribution in [2.75, 3.05) is 5.75 Å². The van der Waals surface area contributed by atoms with Crippen LogP contribution in [0.1, 0.15) is 19.8 Å². The minimum Gasteiger partial charge on any atom is -0.300 e. The van der Waals surface area contributed by atoms with Gasteiger partial charge in [0.15, 0.2) is 5.16 Å². The van der Waals surface area contributed by atoms with E-state index < -0.39 is 10.0 Å². The first-order valence-corrected chi connectivity index (χ1v) is 10.1. The Bertz CT molecular complexity index is 967. The van der Waals surface area contributed by atoms with Crippen LogP contribution in [-0.4, -0.2) is 28.7 Å². The van der Waals surface area contributed by atoms with Gasteiger partial charge in [-0.05, 0) is 18.6 Å². The quantitative estimate of drug-likeness (QED) is 0.413. The summed E-state index contributed by atoms with van der Waals surface area (Å²) in [5.41, 5.74) is 0.740. The molecule has 0 spiro atoms. The van der Waals surface area contributed by atoms with Crippen LogP contribution in [0.15, 0.2) is 52.8 Å². The van der Waals surface area contributed by atoms with Crippen molar-refractivity contribution >= 4 is 32.7 Å². The fourth-order valence-corrected chi connectivity index (χ4v) is 4.05. The Kier molecular flexibility index (Phi) is 4.88. The first-order chi connectivity index (χ1) is 11.5. The zero-order valence-electron chi connectivity index (χ0n) is 13.2. The molecule has 3 aromatic rings. The molecule has 8 heteroatoms. The van der Waals surface area contributed by atoms with Crippen molar-refractivity contribution in [1.29, 1.82) is 0 Å². The van der Waals surface area contributed by atoms with Crippen molar-refractivity contribution in [3.63, 3.8) is 0 Å². The predicted octanol–water partition coefficient (Wildman–Crippen LogP) is 2.96. The van der Waals surface area contributed by atoms with Crippen molar-refractivity contribution in [3.8, 4) is 5.82 Å². The number of unbranched alkanes of at least 4 members (excludes halogenated alkanes) is 1. The fourth-order valence-electron chi connectivity index (χ4n) is 2.41. The maximum Gasteiger partial charge on any atom is 0.240 e. The molecule has 0 aliphatic rings. The number of aromatic nitrogens is 3. The predicted molar refractivity (Wildman–Crippen MR) is 95.9 cm³/mol. The summed E-state index contributed by atoms with van der Waals surface area (Å²) in [5.74, 6) is 1.57. The number of nitrogens with two attached hydrogens (primary N) is 1. The lowest BCUT2D eigenvalue weighted by Gasteiger charge is -2.06. The van der Waals surface area contributed by atoms with Crippen LogP contribution < -0.4 is 5.14 Å². The molecule has 0 aliphatic carbocycles. The fraction of sp³-hybridized carbons (Fsp3) is 0.250. The number of fused-ring (bicyclic) bond motifs is 1. The van der Waals surface area contributed by atoms with Crippen molar-refractivity contribution in [1.82, 2.24) is 14.5 Å². The molecule has 126 valence electrons. The lowest BCUT2D eigenvalue weighted by molar-refractivity contribution is 0.598. The first-order valence-electron chi connectivity index (χ1n) is 7.60. The summed E-state index contributed by atoms with van der Waals surface area (Å²) in [6, 6.07) is 8.97. The molecule has 24 heavy (non-hydrogen) atoms. The molecule has 0 saturated heterocycles. The van der Waals surface area contributed by atoms with E-state index in [4.69, 9.17) is 5.14 Å². The molecule has 0 atom stereocenters. The zero-order chi connectivity index (χ0) is 17.2. The first kappa shape index (κ1) is 16.9. The molecule has 0 saturated carbocycles. The third-order valence-electron chi connectivity index (χ3n) is 3.58. The molecule has 0 fully saturated rings. The zero-order valence-corrected chi connectivity index (χ0v) is 14.8. The van der Waals surface area contributed by atoms with Crippen LogP contribution in [0.2, 0.25) is 0 Å². The number of sulfonamides is 1. The van der Waals surface area contributed by atoms with Gasteiger partial charge in [-0.1, -0.05) is 43.3 Å². The van der Waals surface area contributed by atoms with E-state index in [0.717, 1.165) is 24.1 Å². The Morgan fingerprint density at radius 3 is 2.79 bits per heavy atom. The summed E-state index contributed by atoms with van der Waals surface area (Å²) >= 11 is 1.59. The molecule has 3 rings (SSSR count). The molecule has 0 radical (unpaired) electrons. The number of hydrogen-bond acceptors (Lipinski definition) is 5. The minimum atomic E-state index is -3.81. The van der Waals surface area contributed by atoms with E-state index in [1.54, 1.807) is 40.7 Å². The lowest BCUT2D eigenvalue weighted by atomic mass is 10.2. The molecule has 2 N–H and O–H groups in total. The van der Waals surface area contributed by atoms with Gasteiger partial charge in [0.1, 0.15) is 10.7 Å². The largest absolute Gasteiger partial charge is 0.300 e. The van der Waals surface area contributed by atoms with Gasteiger partial charge in [-0.3, -0.25) is 4.57 Å². The average molecular weight is 362 g/mol. The summed E-state index contributed by atoms with van der Waals surface area (Å²) in [5, 5.41) is 6.61. The summed E-state index contributed by atoms with van der Waals surface area (Å²) in [4.78, 5) is 8.90. The molecule has 0 amide bonds. The number of nitrogens with zero attached hydrogens (tertiary/aromatic N) is 3. The average Bonchev–Trinajstić information content (AvgIpc) is 2.95. The van der Waals surface area contributed by atoms with Crippen LogP contribution in [0.3, 0.4) is 0 Å². The van der Waals surface area contributed by atoms with E-state index in [1.165, 1.54) is 6.20 Å². The van der Waals surface area contributed by atoms with Gasteiger partial charge in [0.05, 0.1) is 5.52 Å². The smallest absolute Gasteiger partial charge is 0.240 e. The maximum atomic E-state index is 11.9.